The number of carbonyl (C=O) groups is 1. The molecule has 0 N–H and O–H groups in total. The molecule has 1 aromatic heterocycles. The van der Waals surface area contributed by atoms with Crippen molar-refractivity contribution in [1.82, 2.24) is 0 Å². The Bertz CT molecular complexity index is 1130. The first-order valence-corrected chi connectivity index (χ1v) is 12.1. The van der Waals surface area contributed by atoms with Gasteiger partial charge in [-0.15, -0.1) is 11.3 Å². The molecule has 2 heterocycles. The number of amides is 1. The number of methoxy groups -OCH3 is 1. The zero-order valence-corrected chi connectivity index (χ0v) is 18.2. The van der Waals surface area contributed by atoms with Gasteiger partial charge in [-0.25, -0.2) is 8.42 Å². The summed E-state index contributed by atoms with van der Waals surface area (Å²) >= 11 is 1.58. The summed E-state index contributed by atoms with van der Waals surface area (Å²) in [7, 11) is -1.71. The second-order valence-corrected chi connectivity index (χ2v) is 10.0. The van der Waals surface area contributed by atoms with Crippen LogP contribution in [0.4, 0.5) is 11.4 Å². The Morgan fingerprint density at radius 2 is 1.93 bits per heavy atom. The average molecular weight is 443 g/mol. The highest BCUT2D eigenvalue weighted by molar-refractivity contribution is 7.93. The Morgan fingerprint density at radius 1 is 1.13 bits per heavy atom. The van der Waals surface area contributed by atoms with Crippen molar-refractivity contribution >= 4 is 38.6 Å². The zero-order valence-electron chi connectivity index (χ0n) is 16.5. The minimum atomic E-state index is -3.31. The van der Waals surface area contributed by atoms with Gasteiger partial charge in [0.1, 0.15) is 5.75 Å². The number of benzene rings is 2. The number of ether oxygens (including phenoxy) is 1. The Balaban J connectivity index is 1.68. The Morgan fingerprint density at radius 3 is 2.57 bits per heavy atom. The summed E-state index contributed by atoms with van der Waals surface area (Å²) in [4.78, 5) is 16.2. The molecule has 0 aliphatic carbocycles. The van der Waals surface area contributed by atoms with Gasteiger partial charge in [0.05, 0.1) is 25.1 Å². The monoisotopic (exact) mass is 442 g/mol. The minimum absolute atomic E-state index is 0.140. The van der Waals surface area contributed by atoms with Crippen LogP contribution in [0, 0.1) is 0 Å². The molecule has 0 bridgehead atoms. The Kier molecular flexibility index (Phi) is 5.78. The third-order valence-electron chi connectivity index (χ3n) is 5.00. The summed E-state index contributed by atoms with van der Waals surface area (Å²) in [5.74, 6) is 0.664. The second kappa shape index (κ2) is 8.49. The van der Waals surface area contributed by atoms with Crippen molar-refractivity contribution < 1.29 is 17.9 Å². The molecule has 4 rings (SSSR count). The molecular formula is C22H22N2O4S2. The molecule has 0 spiro atoms. The van der Waals surface area contributed by atoms with Gasteiger partial charge in [0.2, 0.25) is 10.0 Å². The summed E-state index contributed by atoms with van der Waals surface area (Å²) in [6, 6.07) is 18.1. The van der Waals surface area contributed by atoms with Gasteiger partial charge < -0.3 is 9.64 Å². The summed E-state index contributed by atoms with van der Waals surface area (Å²) in [6.45, 7) is 0.867. The van der Waals surface area contributed by atoms with E-state index in [1.54, 1.807) is 47.6 Å². The van der Waals surface area contributed by atoms with E-state index in [-0.39, 0.29) is 11.7 Å². The molecule has 1 aliphatic heterocycles. The van der Waals surface area contributed by atoms with Gasteiger partial charge in [-0.1, -0.05) is 12.1 Å². The number of rotatable bonds is 6. The highest BCUT2D eigenvalue weighted by Gasteiger charge is 2.29. The van der Waals surface area contributed by atoms with E-state index in [0.29, 0.717) is 36.5 Å². The first-order valence-electron chi connectivity index (χ1n) is 9.57. The lowest BCUT2D eigenvalue weighted by Gasteiger charge is -2.24. The average Bonchev–Trinajstić information content (AvgIpc) is 3.40. The van der Waals surface area contributed by atoms with E-state index in [2.05, 4.69) is 0 Å². The fourth-order valence-corrected chi connectivity index (χ4v) is 5.73. The van der Waals surface area contributed by atoms with Crippen LogP contribution in [0.2, 0.25) is 0 Å². The minimum Gasteiger partial charge on any atom is -0.497 e. The van der Waals surface area contributed by atoms with Gasteiger partial charge in [0, 0.05) is 22.7 Å². The number of thiophene rings is 1. The number of anilines is 2. The van der Waals surface area contributed by atoms with Crippen LogP contribution in [-0.2, 0) is 16.6 Å². The van der Waals surface area contributed by atoms with Crippen molar-refractivity contribution in [2.75, 3.05) is 28.6 Å². The molecule has 3 aromatic rings. The predicted molar refractivity (Wildman–Crippen MR) is 120 cm³/mol. The number of nitrogens with zero attached hydrogens (tertiary/aromatic N) is 2. The molecular weight excluding hydrogens is 420 g/mol. The van der Waals surface area contributed by atoms with Gasteiger partial charge in [0.25, 0.3) is 5.91 Å². The lowest BCUT2D eigenvalue weighted by molar-refractivity contribution is 0.0985. The highest BCUT2D eigenvalue weighted by atomic mass is 32.2. The lowest BCUT2D eigenvalue weighted by Crippen LogP contribution is -2.30. The predicted octanol–water partition coefficient (Wildman–Crippen LogP) is 4.14. The molecule has 2 aromatic carbocycles. The standard InChI is InChI=1S/C22H22N2O4S2/c1-28-20-10-8-18(9-11-20)23(16-21-7-3-13-29-21)22(25)17-5-2-6-19(15-17)24-12-4-14-30(24,26)27/h2-3,5-11,13,15H,4,12,14,16H2,1H3. The number of hydrogen-bond acceptors (Lipinski definition) is 5. The molecule has 30 heavy (non-hydrogen) atoms. The third kappa shape index (κ3) is 4.20. The molecule has 0 unspecified atom stereocenters. The fraction of sp³-hybridized carbons (Fsp3) is 0.227. The van der Waals surface area contributed by atoms with Gasteiger partial charge in [-0.3, -0.25) is 9.10 Å². The van der Waals surface area contributed by atoms with Crippen LogP contribution in [-0.4, -0.2) is 33.7 Å². The fourth-order valence-electron chi connectivity index (χ4n) is 3.48. The molecule has 156 valence electrons. The maximum Gasteiger partial charge on any atom is 0.258 e. The normalized spacial score (nSPS) is 15.2. The van der Waals surface area contributed by atoms with Crippen molar-refractivity contribution in [2.45, 2.75) is 13.0 Å². The SMILES string of the molecule is COc1ccc(N(Cc2cccs2)C(=O)c2cccc(N3CCCS3(=O)=O)c2)cc1. The zero-order chi connectivity index (χ0) is 21.1. The summed E-state index contributed by atoms with van der Waals surface area (Å²) < 4.78 is 31.2. The topological polar surface area (TPSA) is 66.9 Å². The van der Waals surface area contributed by atoms with E-state index in [9.17, 15) is 13.2 Å². The van der Waals surface area contributed by atoms with Crippen LogP contribution < -0.4 is 13.9 Å². The molecule has 0 saturated carbocycles. The molecule has 1 saturated heterocycles. The van der Waals surface area contributed by atoms with Crippen LogP contribution in [0.3, 0.4) is 0 Å². The third-order valence-corrected chi connectivity index (χ3v) is 7.73. The molecule has 6 nitrogen and oxygen atoms in total. The van der Waals surface area contributed by atoms with E-state index < -0.39 is 10.0 Å². The van der Waals surface area contributed by atoms with Gasteiger partial charge in [-0.2, -0.15) is 0 Å². The molecule has 1 fully saturated rings. The maximum atomic E-state index is 13.5. The maximum absolute atomic E-state index is 13.5. The Labute approximate surface area is 180 Å². The van der Waals surface area contributed by atoms with E-state index in [4.69, 9.17) is 4.74 Å². The molecule has 0 radical (unpaired) electrons. The van der Waals surface area contributed by atoms with Crippen LogP contribution in [0.1, 0.15) is 21.7 Å². The van der Waals surface area contributed by atoms with Crippen LogP contribution >= 0.6 is 11.3 Å². The van der Waals surface area contributed by atoms with E-state index in [1.807, 2.05) is 41.8 Å². The lowest BCUT2D eigenvalue weighted by atomic mass is 10.1. The molecule has 8 heteroatoms. The molecule has 0 atom stereocenters. The number of carbonyl (C=O) groups excluding carboxylic acids is 1. The van der Waals surface area contributed by atoms with E-state index >= 15 is 0 Å². The second-order valence-electron chi connectivity index (χ2n) is 6.96. The van der Waals surface area contributed by atoms with E-state index in [0.717, 1.165) is 10.6 Å². The summed E-state index contributed by atoms with van der Waals surface area (Å²) in [6.07, 6.45) is 0.594. The smallest absolute Gasteiger partial charge is 0.258 e. The van der Waals surface area contributed by atoms with Gasteiger partial charge in [0.15, 0.2) is 0 Å². The Hall–Kier alpha value is -2.84. The first-order chi connectivity index (χ1) is 14.5. The van der Waals surface area contributed by atoms with Gasteiger partial charge >= 0.3 is 0 Å². The van der Waals surface area contributed by atoms with Crippen molar-refractivity contribution in [1.29, 1.82) is 0 Å². The number of hydrogen-bond donors (Lipinski definition) is 0. The molecule has 1 aliphatic rings. The van der Waals surface area contributed by atoms with Crippen molar-refractivity contribution in [2.24, 2.45) is 0 Å². The summed E-state index contributed by atoms with van der Waals surface area (Å²) in [5.41, 5.74) is 1.72. The van der Waals surface area contributed by atoms with Crippen molar-refractivity contribution in [3.05, 3.63) is 76.5 Å². The quantitative estimate of drug-likeness (QED) is 0.575. The van der Waals surface area contributed by atoms with Crippen molar-refractivity contribution in [3.8, 4) is 5.75 Å². The molecule has 1 amide bonds. The largest absolute Gasteiger partial charge is 0.497 e. The van der Waals surface area contributed by atoms with Crippen molar-refractivity contribution in [3.63, 3.8) is 0 Å². The van der Waals surface area contributed by atoms with E-state index in [1.165, 1.54) is 4.31 Å². The van der Waals surface area contributed by atoms with Crippen LogP contribution in [0.5, 0.6) is 5.75 Å². The van der Waals surface area contributed by atoms with Gasteiger partial charge in [-0.05, 0) is 60.3 Å². The van der Waals surface area contributed by atoms with Crippen LogP contribution in [0.15, 0.2) is 66.0 Å². The highest BCUT2D eigenvalue weighted by Crippen LogP contribution is 2.28. The first kappa shape index (κ1) is 20.4. The number of sulfonamides is 1. The van der Waals surface area contributed by atoms with Crippen LogP contribution in [0.25, 0.3) is 0 Å². The summed E-state index contributed by atoms with van der Waals surface area (Å²) in [5, 5.41) is 1.98.